The second kappa shape index (κ2) is 13.0. The van der Waals surface area contributed by atoms with Crippen LogP contribution in [0.1, 0.15) is 89.9 Å². The first-order valence-corrected chi connectivity index (χ1v) is 10.6. The first kappa shape index (κ1) is 26.5. The predicted octanol–water partition coefficient (Wildman–Crippen LogP) is 7.65. The van der Waals surface area contributed by atoms with Crippen LogP contribution in [0.2, 0.25) is 0 Å². The Morgan fingerprint density at radius 1 is 0.690 bits per heavy atom. The number of alkyl halides is 7. The quantitative estimate of drug-likeness (QED) is 0.182. The highest BCUT2D eigenvalue weighted by molar-refractivity contribution is 4.90. The molecule has 0 bridgehead atoms. The molecule has 0 saturated carbocycles. The van der Waals surface area contributed by atoms with E-state index in [-0.39, 0.29) is 19.1 Å². The third kappa shape index (κ3) is 9.85. The summed E-state index contributed by atoms with van der Waals surface area (Å²) in [6.07, 6.45) is 2.90. The lowest BCUT2D eigenvalue weighted by atomic mass is 10.0. The van der Waals surface area contributed by atoms with E-state index in [9.17, 15) is 30.7 Å². The topological polar surface area (TPSA) is 18.5 Å². The molecule has 1 rings (SSSR count). The molecule has 0 aromatic rings. The summed E-state index contributed by atoms with van der Waals surface area (Å²) in [6.45, 7) is 1.50. The molecule has 0 aliphatic carbocycles. The van der Waals surface area contributed by atoms with E-state index in [4.69, 9.17) is 9.47 Å². The van der Waals surface area contributed by atoms with Crippen molar-refractivity contribution in [2.45, 2.75) is 114 Å². The summed E-state index contributed by atoms with van der Waals surface area (Å²) in [6, 6.07) is 0. The predicted molar refractivity (Wildman–Crippen MR) is 96.3 cm³/mol. The van der Waals surface area contributed by atoms with Crippen molar-refractivity contribution in [2.24, 2.45) is 0 Å². The largest absolute Gasteiger partial charge is 0.459 e. The number of halogens is 7. The Bertz CT molecular complexity index is 422. The molecule has 29 heavy (non-hydrogen) atoms. The standard InChI is InChI=1S/C20H33F7O2/c21-18(22,19(23,24)20(25,26)27)14-10-8-6-4-2-1-3-5-7-9-11-15-28-17-13-12-16-29-17/h17H,1-16H2. The van der Waals surface area contributed by atoms with Gasteiger partial charge in [-0.05, 0) is 19.3 Å². The lowest BCUT2D eigenvalue weighted by Gasteiger charge is -2.28. The van der Waals surface area contributed by atoms with E-state index in [1.54, 1.807) is 0 Å². The monoisotopic (exact) mass is 438 g/mol. The highest BCUT2D eigenvalue weighted by Crippen LogP contribution is 2.48. The fraction of sp³-hybridized carbons (Fsp3) is 1.00. The van der Waals surface area contributed by atoms with Crippen molar-refractivity contribution in [2.75, 3.05) is 13.2 Å². The normalized spacial score (nSPS) is 18.5. The van der Waals surface area contributed by atoms with Gasteiger partial charge in [-0.2, -0.15) is 30.7 Å². The number of rotatable bonds is 16. The van der Waals surface area contributed by atoms with Crippen molar-refractivity contribution in [3.63, 3.8) is 0 Å². The minimum absolute atomic E-state index is 0.0256. The van der Waals surface area contributed by atoms with Crippen molar-refractivity contribution in [1.82, 2.24) is 0 Å². The molecular weight excluding hydrogens is 405 g/mol. The van der Waals surface area contributed by atoms with Gasteiger partial charge in [-0.1, -0.05) is 57.8 Å². The Hall–Kier alpha value is -0.570. The van der Waals surface area contributed by atoms with Gasteiger partial charge >= 0.3 is 18.0 Å². The SMILES string of the molecule is FC(F)(F)C(F)(F)C(F)(F)CCCCCCCCCCCCCOC1CCCO1. The Labute approximate surface area is 168 Å². The average molecular weight is 438 g/mol. The number of hydrogen-bond acceptors (Lipinski definition) is 2. The third-order valence-electron chi connectivity index (χ3n) is 5.14. The van der Waals surface area contributed by atoms with Crippen LogP contribution in [0, 0.1) is 0 Å². The van der Waals surface area contributed by atoms with E-state index >= 15 is 0 Å². The van der Waals surface area contributed by atoms with Gasteiger partial charge in [0.05, 0.1) is 0 Å². The van der Waals surface area contributed by atoms with E-state index in [1.807, 2.05) is 0 Å². The summed E-state index contributed by atoms with van der Waals surface area (Å²) < 4.78 is 98.7. The lowest BCUT2D eigenvalue weighted by molar-refractivity contribution is -0.355. The van der Waals surface area contributed by atoms with Crippen LogP contribution in [0.4, 0.5) is 30.7 Å². The molecule has 1 heterocycles. The first-order valence-electron chi connectivity index (χ1n) is 10.6. The van der Waals surface area contributed by atoms with E-state index in [1.165, 1.54) is 0 Å². The zero-order valence-corrected chi connectivity index (χ0v) is 16.9. The molecule has 1 fully saturated rings. The molecule has 0 spiro atoms. The van der Waals surface area contributed by atoms with E-state index in [0.717, 1.165) is 77.4 Å². The summed E-state index contributed by atoms with van der Waals surface area (Å²) in [7, 11) is 0. The van der Waals surface area contributed by atoms with Crippen molar-refractivity contribution in [3.8, 4) is 0 Å². The van der Waals surface area contributed by atoms with Crippen LogP contribution >= 0.6 is 0 Å². The van der Waals surface area contributed by atoms with Gasteiger partial charge in [0, 0.05) is 26.1 Å². The van der Waals surface area contributed by atoms with Gasteiger partial charge in [0.2, 0.25) is 0 Å². The van der Waals surface area contributed by atoms with Gasteiger partial charge in [0.15, 0.2) is 6.29 Å². The Morgan fingerprint density at radius 3 is 1.62 bits per heavy atom. The van der Waals surface area contributed by atoms with E-state index in [2.05, 4.69) is 0 Å². The van der Waals surface area contributed by atoms with Gasteiger partial charge in [-0.25, -0.2) is 0 Å². The molecule has 0 N–H and O–H groups in total. The maximum absolute atomic E-state index is 13.1. The summed E-state index contributed by atoms with van der Waals surface area (Å²) in [4.78, 5) is 0. The molecule has 9 heteroatoms. The second-order valence-electron chi connectivity index (χ2n) is 7.73. The van der Waals surface area contributed by atoms with E-state index < -0.39 is 24.4 Å². The van der Waals surface area contributed by atoms with Crippen molar-refractivity contribution in [1.29, 1.82) is 0 Å². The first-order chi connectivity index (χ1) is 13.6. The molecule has 0 amide bonds. The van der Waals surface area contributed by atoms with E-state index in [0.29, 0.717) is 6.42 Å². The molecule has 1 aliphatic heterocycles. The van der Waals surface area contributed by atoms with Gasteiger partial charge in [-0.15, -0.1) is 0 Å². The Kier molecular flexibility index (Phi) is 11.8. The summed E-state index contributed by atoms with van der Waals surface area (Å²) in [5, 5.41) is 0. The summed E-state index contributed by atoms with van der Waals surface area (Å²) >= 11 is 0. The molecule has 0 aromatic heterocycles. The zero-order valence-electron chi connectivity index (χ0n) is 16.9. The van der Waals surface area contributed by atoms with Gasteiger partial charge < -0.3 is 9.47 Å². The van der Waals surface area contributed by atoms with Crippen LogP contribution in [0.15, 0.2) is 0 Å². The summed E-state index contributed by atoms with van der Waals surface area (Å²) in [5.74, 6) is -11.0. The third-order valence-corrected chi connectivity index (χ3v) is 5.14. The highest BCUT2D eigenvalue weighted by atomic mass is 19.4. The molecule has 1 aliphatic rings. The smallest absolute Gasteiger partial charge is 0.353 e. The Morgan fingerprint density at radius 2 is 1.17 bits per heavy atom. The van der Waals surface area contributed by atoms with Gasteiger partial charge in [0.1, 0.15) is 0 Å². The minimum Gasteiger partial charge on any atom is -0.353 e. The molecule has 1 atom stereocenters. The highest BCUT2D eigenvalue weighted by Gasteiger charge is 2.72. The molecule has 0 radical (unpaired) electrons. The fourth-order valence-corrected chi connectivity index (χ4v) is 3.30. The van der Waals surface area contributed by atoms with Crippen LogP contribution < -0.4 is 0 Å². The lowest BCUT2D eigenvalue weighted by Crippen LogP contribution is -2.51. The van der Waals surface area contributed by atoms with Crippen LogP contribution in [-0.2, 0) is 9.47 Å². The molecule has 1 unspecified atom stereocenters. The number of ether oxygens (including phenoxy) is 2. The van der Waals surface area contributed by atoms with Gasteiger partial charge in [-0.3, -0.25) is 0 Å². The van der Waals surface area contributed by atoms with Crippen molar-refractivity contribution in [3.05, 3.63) is 0 Å². The van der Waals surface area contributed by atoms with Crippen LogP contribution in [-0.4, -0.2) is 37.5 Å². The maximum atomic E-state index is 13.1. The molecule has 0 aromatic carbocycles. The molecular formula is C20H33F7O2. The van der Waals surface area contributed by atoms with Crippen LogP contribution in [0.3, 0.4) is 0 Å². The van der Waals surface area contributed by atoms with Crippen molar-refractivity contribution < 1.29 is 40.2 Å². The van der Waals surface area contributed by atoms with Crippen LogP contribution in [0.5, 0.6) is 0 Å². The molecule has 174 valence electrons. The summed E-state index contributed by atoms with van der Waals surface area (Å²) in [5.41, 5.74) is 0. The number of unbranched alkanes of at least 4 members (excludes halogenated alkanes) is 10. The molecule has 1 saturated heterocycles. The average Bonchev–Trinajstić information content (AvgIpc) is 3.14. The molecule has 2 nitrogen and oxygen atoms in total. The van der Waals surface area contributed by atoms with Crippen molar-refractivity contribution >= 4 is 0 Å². The zero-order chi connectivity index (χ0) is 21.8. The Balaban J connectivity index is 1.88. The van der Waals surface area contributed by atoms with Gasteiger partial charge in [0.25, 0.3) is 0 Å². The fourth-order valence-electron chi connectivity index (χ4n) is 3.30. The minimum atomic E-state index is -6.23. The second-order valence-corrected chi connectivity index (χ2v) is 7.73. The number of hydrogen-bond donors (Lipinski definition) is 0. The van der Waals surface area contributed by atoms with Crippen LogP contribution in [0.25, 0.3) is 0 Å². The maximum Gasteiger partial charge on any atom is 0.459 e.